The van der Waals surface area contributed by atoms with Crippen LogP contribution in [0.3, 0.4) is 0 Å². The molecule has 7 nitrogen and oxygen atoms in total. The Kier molecular flexibility index (Phi) is 3.99. The average Bonchev–Trinajstić information content (AvgIpc) is 2.71. The van der Waals surface area contributed by atoms with E-state index in [1.165, 1.54) is 0 Å². The van der Waals surface area contributed by atoms with E-state index in [4.69, 9.17) is 0 Å². The van der Waals surface area contributed by atoms with Gasteiger partial charge in [-0.2, -0.15) is 5.10 Å². The molecule has 1 aliphatic heterocycles. The highest BCUT2D eigenvalue weighted by Crippen LogP contribution is 2.37. The second-order valence-electron chi connectivity index (χ2n) is 5.87. The second-order valence-corrected chi connectivity index (χ2v) is 5.87. The van der Waals surface area contributed by atoms with Gasteiger partial charge in [0.25, 0.3) is 0 Å². The van der Waals surface area contributed by atoms with Gasteiger partial charge in [-0.3, -0.25) is 10.1 Å². The molecule has 2 rings (SSSR count). The third-order valence-corrected chi connectivity index (χ3v) is 3.91. The summed E-state index contributed by atoms with van der Waals surface area (Å²) in [6.07, 6.45) is 0.295. The molecule has 7 heteroatoms. The number of aromatic nitrogens is 2. The molecule has 1 aliphatic rings. The summed E-state index contributed by atoms with van der Waals surface area (Å²) in [4.78, 5) is 13.1. The first-order valence-electron chi connectivity index (χ1n) is 6.97. The molecule has 1 saturated heterocycles. The van der Waals surface area contributed by atoms with E-state index >= 15 is 0 Å². The summed E-state index contributed by atoms with van der Waals surface area (Å²) in [7, 11) is 1.74. The van der Waals surface area contributed by atoms with Gasteiger partial charge in [0.2, 0.25) is 5.82 Å². The lowest BCUT2D eigenvalue weighted by Gasteiger charge is -2.35. The van der Waals surface area contributed by atoms with Gasteiger partial charge in [-0.25, -0.2) is 4.68 Å². The molecule has 0 aromatic carbocycles. The summed E-state index contributed by atoms with van der Waals surface area (Å²) in [6, 6.07) is 0. The number of aryl methyl sites for hydroxylation is 1. The summed E-state index contributed by atoms with van der Waals surface area (Å²) < 4.78 is 1.60. The molecule has 1 aromatic heterocycles. The summed E-state index contributed by atoms with van der Waals surface area (Å²) in [5.41, 5.74) is 0.623. The molecule has 0 radical (unpaired) electrons. The maximum absolute atomic E-state index is 11.4. The molecule has 2 unspecified atom stereocenters. The van der Waals surface area contributed by atoms with Crippen LogP contribution in [0, 0.1) is 16.0 Å². The molecule has 0 saturated carbocycles. The minimum absolute atomic E-state index is 0.00292. The highest BCUT2D eigenvalue weighted by molar-refractivity contribution is 5.62. The van der Waals surface area contributed by atoms with E-state index < -0.39 is 0 Å². The number of nitro groups is 1. The van der Waals surface area contributed by atoms with Crippen molar-refractivity contribution in [2.45, 2.75) is 39.2 Å². The number of hydrogen-bond acceptors (Lipinski definition) is 5. The first kappa shape index (κ1) is 14.8. The summed E-state index contributed by atoms with van der Waals surface area (Å²) in [5.74, 6) is 0.654. The van der Waals surface area contributed by atoms with Gasteiger partial charge in [0.05, 0.1) is 11.0 Å². The Morgan fingerprint density at radius 3 is 2.65 bits per heavy atom. The Balaban J connectivity index is 2.43. The van der Waals surface area contributed by atoms with Crippen LogP contribution in [0.1, 0.15) is 38.8 Å². The van der Waals surface area contributed by atoms with Crippen molar-refractivity contribution < 1.29 is 10.0 Å². The zero-order valence-corrected chi connectivity index (χ0v) is 12.4. The molecule has 112 valence electrons. The van der Waals surface area contributed by atoms with Crippen LogP contribution >= 0.6 is 0 Å². The molecular weight excluding hydrogens is 260 g/mol. The minimum Gasteiger partial charge on any atom is -0.393 e. The van der Waals surface area contributed by atoms with Gasteiger partial charge in [-0.1, -0.05) is 20.8 Å². The predicted molar refractivity (Wildman–Crippen MR) is 76.0 cm³/mol. The van der Waals surface area contributed by atoms with Gasteiger partial charge in [-0.05, 0) is 12.3 Å². The van der Waals surface area contributed by atoms with E-state index in [9.17, 15) is 15.2 Å². The topological polar surface area (TPSA) is 84.4 Å². The van der Waals surface area contributed by atoms with Crippen molar-refractivity contribution >= 4 is 11.5 Å². The molecule has 1 fully saturated rings. The maximum atomic E-state index is 11.4. The number of aliphatic hydroxyl groups is 1. The number of nitrogens with zero attached hydrogens (tertiary/aromatic N) is 4. The molecule has 0 spiro atoms. The second kappa shape index (κ2) is 5.40. The van der Waals surface area contributed by atoms with Gasteiger partial charge in [0.1, 0.15) is 5.69 Å². The number of anilines is 1. The van der Waals surface area contributed by atoms with E-state index in [-0.39, 0.29) is 28.6 Å². The lowest BCUT2D eigenvalue weighted by atomic mass is 9.96. The van der Waals surface area contributed by atoms with E-state index in [1.54, 1.807) is 11.7 Å². The number of piperidine rings is 1. The van der Waals surface area contributed by atoms with Crippen LogP contribution in [0.5, 0.6) is 0 Å². The van der Waals surface area contributed by atoms with E-state index in [2.05, 4.69) is 5.10 Å². The SMILES string of the molecule is CC(C)c1nn(C)c(N2CCC(O)C(C)C2)c1[N+](=O)[O-]. The Labute approximate surface area is 118 Å². The fourth-order valence-electron chi connectivity index (χ4n) is 2.77. The summed E-state index contributed by atoms with van der Waals surface area (Å²) in [5, 5.41) is 25.5. The standard InChI is InChI=1S/C13H22N4O3/c1-8(2)11-12(17(19)20)13(15(4)14-11)16-6-5-10(18)9(3)7-16/h8-10,18H,5-7H2,1-4H3. The van der Waals surface area contributed by atoms with Crippen molar-refractivity contribution in [2.75, 3.05) is 18.0 Å². The van der Waals surface area contributed by atoms with Crippen LogP contribution in [0.2, 0.25) is 0 Å². The van der Waals surface area contributed by atoms with E-state index in [0.29, 0.717) is 31.0 Å². The maximum Gasteiger partial charge on any atom is 0.334 e. The molecule has 2 atom stereocenters. The summed E-state index contributed by atoms with van der Waals surface area (Å²) in [6.45, 7) is 6.99. The Morgan fingerprint density at radius 1 is 1.50 bits per heavy atom. The van der Waals surface area contributed by atoms with Crippen LogP contribution < -0.4 is 4.90 Å². The van der Waals surface area contributed by atoms with Gasteiger partial charge >= 0.3 is 5.69 Å². The van der Waals surface area contributed by atoms with E-state index in [1.807, 2.05) is 25.7 Å². The van der Waals surface area contributed by atoms with Gasteiger partial charge in [0, 0.05) is 26.1 Å². The fraction of sp³-hybridized carbons (Fsp3) is 0.769. The Morgan fingerprint density at radius 2 is 2.15 bits per heavy atom. The van der Waals surface area contributed by atoms with Gasteiger partial charge in [0.15, 0.2) is 0 Å². The minimum atomic E-state index is -0.340. The zero-order chi connectivity index (χ0) is 15.0. The highest BCUT2D eigenvalue weighted by atomic mass is 16.6. The molecule has 1 N–H and O–H groups in total. The van der Waals surface area contributed by atoms with Crippen molar-refractivity contribution in [2.24, 2.45) is 13.0 Å². The Hall–Kier alpha value is -1.63. The number of rotatable bonds is 3. The zero-order valence-electron chi connectivity index (χ0n) is 12.4. The third-order valence-electron chi connectivity index (χ3n) is 3.91. The number of hydrogen-bond donors (Lipinski definition) is 1. The molecule has 20 heavy (non-hydrogen) atoms. The third kappa shape index (κ3) is 2.49. The smallest absolute Gasteiger partial charge is 0.334 e. The van der Waals surface area contributed by atoms with Crippen molar-refractivity contribution in [3.05, 3.63) is 15.8 Å². The molecule has 0 bridgehead atoms. The normalized spacial score (nSPS) is 23.4. The first-order chi connectivity index (χ1) is 9.32. The van der Waals surface area contributed by atoms with Crippen LogP contribution in [-0.4, -0.2) is 39.0 Å². The fourth-order valence-corrected chi connectivity index (χ4v) is 2.77. The average molecular weight is 282 g/mol. The van der Waals surface area contributed by atoms with Crippen LogP contribution in [-0.2, 0) is 7.05 Å². The number of aliphatic hydroxyl groups excluding tert-OH is 1. The predicted octanol–water partition coefficient (Wildman–Crippen LogP) is 1.66. The quantitative estimate of drug-likeness (QED) is 0.673. The monoisotopic (exact) mass is 282 g/mol. The lowest BCUT2D eigenvalue weighted by molar-refractivity contribution is -0.385. The molecule has 0 amide bonds. The van der Waals surface area contributed by atoms with Gasteiger partial charge < -0.3 is 10.0 Å². The van der Waals surface area contributed by atoms with Crippen LogP contribution in [0.15, 0.2) is 0 Å². The highest BCUT2D eigenvalue weighted by Gasteiger charge is 2.35. The molecular formula is C13H22N4O3. The molecule has 0 aliphatic carbocycles. The van der Waals surface area contributed by atoms with Crippen molar-refractivity contribution in [1.29, 1.82) is 0 Å². The van der Waals surface area contributed by atoms with Crippen molar-refractivity contribution in [1.82, 2.24) is 9.78 Å². The van der Waals surface area contributed by atoms with Crippen molar-refractivity contribution in [3.63, 3.8) is 0 Å². The van der Waals surface area contributed by atoms with E-state index in [0.717, 1.165) is 0 Å². The Bertz CT molecular complexity index is 512. The van der Waals surface area contributed by atoms with Crippen LogP contribution in [0.4, 0.5) is 11.5 Å². The van der Waals surface area contributed by atoms with Gasteiger partial charge in [-0.15, -0.1) is 0 Å². The van der Waals surface area contributed by atoms with Crippen molar-refractivity contribution in [3.8, 4) is 0 Å². The van der Waals surface area contributed by atoms with Crippen LogP contribution in [0.25, 0.3) is 0 Å². The lowest BCUT2D eigenvalue weighted by Crippen LogP contribution is -2.42. The largest absolute Gasteiger partial charge is 0.393 e. The summed E-state index contributed by atoms with van der Waals surface area (Å²) >= 11 is 0. The first-order valence-corrected chi connectivity index (χ1v) is 6.97. The molecule has 1 aromatic rings. The molecule has 2 heterocycles.